The third-order valence-electron chi connectivity index (χ3n) is 8.34. The molecule has 0 atom stereocenters. The van der Waals surface area contributed by atoms with Gasteiger partial charge in [-0.15, -0.1) is 0 Å². The summed E-state index contributed by atoms with van der Waals surface area (Å²) < 4.78 is 15.2. The monoisotopic (exact) mass is 499 g/mol. The van der Waals surface area contributed by atoms with E-state index in [0.717, 1.165) is 81.8 Å². The van der Waals surface area contributed by atoms with Crippen molar-refractivity contribution < 1.29 is 4.39 Å². The fourth-order valence-corrected chi connectivity index (χ4v) is 6.11. The summed E-state index contributed by atoms with van der Waals surface area (Å²) in [4.78, 5) is 23.2. The minimum Gasteiger partial charge on any atom is -0.309 e. The van der Waals surface area contributed by atoms with Crippen molar-refractivity contribution in [2.75, 3.05) is 38.0 Å². The zero-order valence-corrected chi connectivity index (χ0v) is 21.7. The van der Waals surface area contributed by atoms with E-state index in [1.54, 1.807) is 12.3 Å². The maximum Gasteiger partial charge on any atom is 0.228 e. The summed E-state index contributed by atoms with van der Waals surface area (Å²) >= 11 is 0. The van der Waals surface area contributed by atoms with Crippen molar-refractivity contribution >= 4 is 23.2 Å². The Morgan fingerprint density at radius 1 is 1.00 bits per heavy atom. The molecule has 2 aromatic heterocycles. The number of pyridine rings is 1. The van der Waals surface area contributed by atoms with E-state index in [1.807, 2.05) is 25.3 Å². The largest absolute Gasteiger partial charge is 0.309 e. The number of halogens is 1. The van der Waals surface area contributed by atoms with Crippen LogP contribution in [0, 0.1) is 5.82 Å². The van der Waals surface area contributed by atoms with Gasteiger partial charge in [-0.25, -0.2) is 19.3 Å². The average Bonchev–Trinajstić information content (AvgIpc) is 3.52. The number of piperazine rings is 1. The highest BCUT2D eigenvalue weighted by atomic mass is 19.1. The molecule has 1 aromatic carbocycles. The molecule has 3 aliphatic rings. The van der Waals surface area contributed by atoms with Crippen LogP contribution in [0.5, 0.6) is 0 Å². The van der Waals surface area contributed by atoms with Crippen LogP contribution in [0.2, 0.25) is 0 Å². The van der Waals surface area contributed by atoms with E-state index in [-0.39, 0.29) is 11.2 Å². The maximum absolute atomic E-state index is 15.2. The van der Waals surface area contributed by atoms with Gasteiger partial charge < -0.3 is 10.2 Å². The molecule has 8 heteroatoms. The van der Waals surface area contributed by atoms with Crippen LogP contribution in [-0.4, -0.2) is 63.2 Å². The number of hydrogen-bond acceptors (Lipinski definition) is 7. The van der Waals surface area contributed by atoms with Crippen molar-refractivity contribution in [1.29, 1.82) is 0 Å². The van der Waals surface area contributed by atoms with Gasteiger partial charge in [-0.2, -0.15) is 0 Å². The number of rotatable bonds is 6. The first-order valence-electron chi connectivity index (χ1n) is 13.4. The first kappa shape index (κ1) is 24.1. The summed E-state index contributed by atoms with van der Waals surface area (Å²) in [5.41, 5.74) is 5.07. The van der Waals surface area contributed by atoms with Crippen molar-refractivity contribution in [3.63, 3.8) is 0 Å². The molecule has 7 nitrogen and oxygen atoms in total. The van der Waals surface area contributed by atoms with E-state index in [2.05, 4.69) is 49.1 Å². The summed E-state index contributed by atoms with van der Waals surface area (Å²) in [6.07, 6.45) is 7.99. The second kappa shape index (κ2) is 9.91. The number of benzene rings is 1. The Labute approximate surface area is 217 Å². The Hall–Kier alpha value is -3.23. The first-order chi connectivity index (χ1) is 18.0. The molecule has 4 heterocycles. The Morgan fingerprint density at radius 2 is 1.78 bits per heavy atom. The lowest BCUT2D eigenvalue weighted by atomic mass is 9.76. The van der Waals surface area contributed by atoms with Crippen LogP contribution in [-0.2, 0) is 12.0 Å². The molecule has 1 aliphatic carbocycles. The van der Waals surface area contributed by atoms with Gasteiger partial charge in [0.25, 0.3) is 0 Å². The summed E-state index contributed by atoms with van der Waals surface area (Å²) in [6.45, 7) is 10.7. The van der Waals surface area contributed by atoms with Gasteiger partial charge in [-0.1, -0.05) is 25.8 Å². The Kier molecular flexibility index (Phi) is 6.46. The molecule has 2 fully saturated rings. The SMILES string of the molecule is CCN1CCN(Cc2ccc(Nc3nccc(-c4cc(F)c5c(c4)C4(CCCC4)C(C)=N5)n3)nc2)CC1. The van der Waals surface area contributed by atoms with Crippen molar-refractivity contribution in [2.24, 2.45) is 4.99 Å². The van der Waals surface area contributed by atoms with Gasteiger partial charge >= 0.3 is 0 Å². The number of aromatic nitrogens is 3. The highest BCUT2D eigenvalue weighted by Gasteiger charge is 2.44. The minimum absolute atomic E-state index is 0.116. The molecule has 1 saturated heterocycles. The number of fused-ring (bicyclic) bond motifs is 2. The molecule has 0 unspecified atom stereocenters. The fourth-order valence-electron chi connectivity index (χ4n) is 6.11. The van der Waals surface area contributed by atoms with Crippen molar-refractivity contribution in [2.45, 2.75) is 51.5 Å². The van der Waals surface area contributed by atoms with E-state index in [9.17, 15) is 0 Å². The predicted octanol–water partition coefficient (Wildman–Crippen LogP) is 5.48. The Balaban J connectivity index is 1.17. The third kappa shape index (κ3) is 4.64. The first-order valence-corrected chi connectivity index (χ1v) is 13.4. The van der Waals surface area contributed by atoms with Crippen LogP contribution < -0.4 is 5.32 Å². The standard InChI is InChI=1S/C29H34FN7/c1-3-36-12-14-37(15-13-36)19-21-6-7-26(32-18-21)35-28-31-11-8-25(34-28)22-16-23-27(24(30)17-22)33-20(2)29(23)9-4-5-10-29/h6-8,11,16-18H,3-5,9-10,12-15,19H2,1-2H3,(H,31,32,34,35). The smallest absolute Gasteiger partial charge is 0.228 e. The normalized spacial score (nSPS) is 19.3. The fraction of sp³-hybridized carbons (Fsp3) is 0.448. The van der Waals surface area contributed by atoms with Gasteiger partial charge in [-0.05, 0) is 61.7 Å². The summed E-state index contributed by atoms with van der Waals surface area (Å²) in [5, 5.41) is 3.21. The minimum atomic E-state index is -0.280. The second-order valence-electron chi connectivity index (χ2n) is 10.5. The Bertz CT molecular complexity index is 1310. The molecule has 192 valence electrons. The number of aliphatic imine (C=N–C) groups is 1. The quantitative estimate of drug-likeness (QED) is 0.485. The van der Waals surface area contributed by atoms with Gasteiger partial charge in [0.05, 0.1) is 5.69 Å². The lowest BCUT2D eigenvalue weighted by Crippen LogP contribution is -2.45. The third-order valence-corrected chi connectivity index (χ3v) is 8.34. The van der Waals surface area contributed by atoms with Crippen LogP contribution in [0.25, 0.3) is 11.3 Å². The lowest BCUT2D eigenvalue weighted by Gasteiger charge is -2.33. The van der Waals surface area contributed by atoms with Crippen LogP contribution in [0.15, 0.2) is 47.7 Å². The summed E-state index contributed by atoms with van der Waals surface area (Å²) in [6, 6.07) is 9.52. The van der Waals surface area contributed by atoms with E-state index in [1.165, 1.54) is 5.56 Å². The molecule has 6 rings (SSSR count). The number of likely N-dealkylation sites (N-methyl/N-ethyl adjacent to an activating group) is 1. The van der Waals surface area contributed by atoms with Crippen molar-refractivity contribution in [3.05, 3.63) is 59.7 Å². The van der Waals surface area contributed by atoms with E-state index in [4.69, 9.17) is 4.98 Å². The van der Waals surface area contributed by atoms with Gasteiger partial charge in [0.1, 0.15) is 17.3 Å². The van der Waals surface area contributed by atoms with Gasteiger partial charge in [-0.3, -0.25) is 9.89 Å². The number of anilines is 2. The predicted molar refractivity (Wildman–Crippen MR) is 145 cm³/mol. The molecule has 0 amide bonds. The van der Waals surface area contributed by atoms with Crippen LogP contribution in [0.1, 0.15) is 50.7 Å². The van der Waals surface area contributed by atoms with E-state index in [0.29, 0.717) is 23.1 Å². The second-order valence-corrected chi connectivity index (χ2v) is 10.5. The highest BCUT2D eigenvalue weighted by molar-refractivity contribution is 6.01. The molecule has 2 aliphatic heterocycles. The van der Waals surface area contributed by atoms with Crippen molar-refractivity contribution in [1.82, 2.24) is 24.8 Å². The van der Waals surface area contributed by atoms with Crippen LogP contribution in [0.3, 0.4) is 0 Å². The van der Waals surface area contributed by atoms with Crippen molar-refractivity contribution in [3.8, 4) is 11.3 Å². The molecule has 1 saturated carbocycles. The lowest BCUT2D eigenvalue weighted by molar-refractivity contribution is 0.132. The van der Waals surface area contributed by atoms with Gasteiger partial charge in [0, 0.05) is 61.8 Å². The number of nitrogens with zero attached hydrogens (tertiary/aromatic N) is 6. The summed E-state index contributed by atoms with van der Waals surface area (Å²) in [5.74, 6) is 0.847. The molecule has 0 radical (unpaired) electrons. The molecule has 0 bridgehead atoms. The molecular formula is C29H34FN7. The number of nitrogens with one attached hydrogen (secondary N) is 1. The molecule has 3 aromatic rings. The summed E-state index contributed by atoms with van der Waals surface area (Å²) in [7, 11) is 0. The zero-order chi connectivity index (χ0) is 25.4. The number of hydrogen-bond donors (Lipinski definition) is 1. The van der Waals surface area contributed by atoms with Crippen LogP contribution in [0.4, 0.5) is 21.8 Å². The van der Waals surface area contributed by atoms with Gasteiger partial charge in [0.2, 0.25) is 5.95 Å². The Morgan fingerprint density at radius 3 is 2.51 bits per heavy atom. The van der Waals surface area contributed by atoms with E-state index < -0.39 is 0 Å². The van der Waals surface area contributed by atoms with Gasteiger partial charge in [0.15, 0.2) is 0 Å². The van der Waals surface area contributed by atoms with Crippen LogP contribution >= 0.6 is 0 Å². The van der Waals surface area contributed by atoms with E-state index >= 15 is 4.39 Å². The molecular weight excluding hydrogens is 465 g/mol. The topological polar surface area (TPSA) is 69.5 Å². The highest BCUT2D eigenvalue weighted by Crippen LogP contribution is 2.52. The average molecular weight is 500 g/mol. The molecule has 1 N–H and O–H groups in total. The zero-order valence-electron chi connectivity index (χ0n) is 21.7. The maximum atomic E-state index is 15.2. The molecule has 37 heavy (non-hydrogen) atoms. The molecule has 1 spiro atoms.